The van der Waals surface area contributed by atoms with Gasteiger partial charge in [0.05, 0.1) is 19.4 Å². The molecule has 66 heavy (non-hydrogen) atoms. The number of guanidine groups is 2. The molecule has 0 saturated carbocycles. The fourth-order valence-corrected chi connectivity index (χ4v) is 6.16. The van der Waals surface area contributed by atoms with Gasteiger partial charge in [0.25, 0.3) is 0 Å². The van der Waals surface area contributed by atoms with Crippen LogP contribution in [0.2, 0.25) is 0 Å². The monoisotopic (exact) mass is 941 g/mol. The second-order valence-electron chi connectivity index (χ2n) is 16.7. The van der Waals surface area contributed by atoms with Crippen LogP contribution in [0.1, 0.15) is 92.9 Å². The van der Waals surface area contributed by atoms with E-state index in [4.69, 9.17) is 40.1 Å². The largest absolute Gasteiger partial charge is 0.480 e. The summed E-state index contributed by atoms with van der Waals surface area (Å²) in [7, 11) is 0. The number of carbonyl (C=O) groups excluding carboxylic acids is 9. The van der Waals surface area contributed by atoms with Crippen LogP contribution in [-0.4, -0.2) is 138 Å². The number of aliphatic carboxylic acids is 1. The Morgan fingerprint density at radius 1 is 0.470 bits per heavy atom. The highest BCUT2D eigenvalue weighted by molar-refractivity contribution is 5.98. The average Bonchev–Trinajstić information content (AvgIpc) is 3.19. The van der Waals surface area contributed by atoms with Gasteiger partial charge in [-0.3, -0.25) is 53.1 Å². The molecule has 0 radical (unpaired) electrons. The first kappa shape index (κ1) is 59.2. The molecular weight excluding hydrogens is 869 g/mol. The summed E-state index contributed by atoms with van der Waals surface area (Å²) in [5, 5.41) is 26.8. The Balaban J connectivity index is 6.64. The summed E-state index contributed by atoms with van der Waals surface area (Å²) in [5.74, 6) is -11.2. The lowest BCUT2D eigenvalue weighted by atomic mass is 9.98. The van der Waals surface area contributed by atoms with Gasteiger partial charge >= 0.3 is 5.97 Å². The Morgan fingerprint density at radius 3 is 1.20 bits per heavy atom. The maximum absolute atomic E-state index is 14.1. The van der Waals surface area contributed by atoms with Crippen molar-refractivity contribution in [2.75, 3.05) is 19.6 Å². The average molecular weight is 941 g/mol. The van der Waals surface area contributed by atoms with Crippen molar-refractivity contribution in [1.82, 2.24) is 37.2 Å². The molecule has 0 bridgehead atoms. The number of aliphatic imine (C=N–C) groups is 2. The molecule has 0 spiro atoms. The number of primary amides is 2. The van der Waals surface area contributed by atoms with Crippen molar-refractivity contribution in [3.05, 3.63) is 0 Å². The van der Waals surface area contributed by atoms with Crippen LogP contribution in [0.15, 0.2) is 9.98 Å². The molecule has 0 aliphatic heterocycles. The van der Waals surface area contributed by atoms with Crippen molar-refractivity contribution in [2.45, 2.75) is 135 Å². The second-order valence-corrected chi connectivity index (χ2v) is 16.7. The molecule has 0 aromatic carbocycles. The van der Waals surface area contributed by atoms with Gasteiger partial charge in [-0.15, -0.1) is 0 Å². The highest BCUT2D eigenvalue weighted by Crippen LogP contribution is 2.12. The molecule has 0 unspecified atom stereocenters. The lowest BCUT2D eigenvalue weighted by molar-refractivity contribution is -0.144. The third-order valence-electron chi connectivity index (χ3n) is 9.35. The molecule has 0 aliphatic carbocycles. The first-order valence-corrected chi connectivity index (χ1v) is 21.4. The molecule has 7 atom stereocenters. The standard InChI is InChI=1S/C39H72N16O11/c1-18(2)13-23(33(61)52-24(14-19(3)4)34(62)53-25(15-27(41)56)35(63)54-26(37(65)66)16-28(42)57)51-31(59)22(10-8-12-48-39(45)46)50-36(64)30(20(5)6)55-32(60)21(49-29(58)17-40)9-7-11-47-38(43)44/h18-26,30H,7-17,40H2,1-6H3,(H2,41,56)(H2,42,57)(H,49,58)(H,50,64)(H,51,59)(H,52,61)(H,53,62)(H,54,63)(H,55,60)(H,65,66)(H4,43,44,47)(H4,45,46,48)/t21-,22-,23-,24-,25-,26-,30-/m0/s1. The number of hydrogen-bond acceptors (Lipinski definition) is 13. The van der Waals surface area contributed by atoms with Crippen molar-refractivity contribution < 1.29 is 53.1 Å². The van der Waals surface area contributed by atoms with E-state index in [1.807, 2.05) is 5.32 Å². The summed E-state index contributed by atoms with van der Waals surface area (Å²) in [6.45, 7) is 10.0. The van der Waals surface area contributed by atoms with Crippen molar-refractivity contribution in [2.24, 2.45) is 67.9 Å². The highest BCUT2D eigenvalue weighted by atomic mass is 16.4. The van der Waals surface area contributed by atoms with E-state index in [1.54, 1.807) is 41.5 Å². The van der Waals surface area contributed by atoms with E-state index in [0.29, 0.717) is 0 Å². The number of nitrogens with one attached hydrogen (secondary N) is 7. The van der Waals surface area contributed by atoms with E-state index in [-0.39, 0.29) is 75.4 Å². The molecule has 0 fully saturated rings. The van der Waals surface area contributed by atoms with Crippen molar-refractivity contribution in [1.29, 1.82) is 0 Å². The summed E-state index contributed by atoms with van der Waals surface area (Å²) in [6.07, 6.45) is -1.16. The molecule has 374 valence electrons. The molecular formula is C39H72N16O11. The van der Waals surface area contributed by atoms with Gasteiger partial charge < -0.3 is 82.5 Å². The second kappa shape index (κ2) is 30.4. The topological polar surface area (TPSA) is 482 Å². The van der Waals surface area contributed by atoms with Crippen LogP contribution in [0.25, 0.3) is 0 Å². The Bertz CT molecular complexity index is 1750. The number of nitrogens with two attached hydrogens (primary N) is 7. The lowest BCUT2D eigenvalue weighted by Crippen LogP contribution is -2.61. The molecule has 9 amide bonds. The van der Waals surface area contributed by atoms with Crippen LogP contribution in [0.4, 0.5) is 0 Å². The van der Waals surface area contributed by atoms with Crippen LogP contribution in [0, 0.1) is 17.8 Å². The number of carboxylic acids is 1. The minimum Gasteiger partial charge on any atom is -0.480 e. The van der Waals surface area contributed by atoms with E-state index in [1.165, 1.54) is 0 Å². The van der Waals surface area contributed by atoms with Crippen LogP contribution in [0.5, 0.6) is 0 Å². The van der Waals surface area contributed by atoms with E-state index in [0.717, 1.165) is 0 Å². The summed E-state index contributed by atoms with van der Waals surface area (Å²) in [5.41, 5.74) is 37.5. The number of amides is 9. The van der Waals surface area contributed by atoms with Crippen LogP contribution < -0.4 is 77.4 Å². The van der Waals surface area contributed by atoms with Gasteiger partial charge in [-0.2, -0.15) is 0 Å². The molecule has 0 saturated heterocycles. The van der Waals surface area contributed by atoms with Gasteiger partial charge in [0.1, 0.15) is 42.3 Å². The zero-order chi connectivity index (χ0) is 50.8. The normalized spacial score (nSPS) is 14.2. The van der Waals surface area contributed by atoms with Gasteiger partial charge in [0.15, 0.2) is 11.9 Å². The molecule has 0 aliphatic rings. The minimum absolute atomic E-state index is 0.0230. The number of carboxylic acid groups (broad SMARTS) is 1. The quantitative estimate of drug-likeness (QED) is 0.0170. The van der Waals surface area contributed by atoms with Crippen molar-refractivity contribution >= 4 is 71.1 Å². The van der Waals surface area contributed by atoms with Gasteiger partial charge in [-0.1, -0.05) is 41.5 Å². The van der Waals surface area contributed by atoms with Gasteiger partial charge in [-0.05, 0) is 56.3 Å². The predicted molar refractivity (Wildman–Crippen MR) is 241 cm³/mol. The first-order chi connectivity index (χ1) is 30.7. The smallest absolute Gasteiger partial charge is 0.326 e. The van der Waals surface area contributed by atoms with Crippen LogP contribution in [-0.2, 0) is 47.9 Å². The summed E-state index contributed by atoms with van der Waals surface area (Å²) in [4.78, 5) is 137. The Hall–Kier alpha value is -6.80. The fraction of sp³-hybridized carbons (Fsp3) is 0.692. The lowest BCUT2D eigenvalue weighted by Gasteiger charge is -2.29. The van der Waals surface area contributed by atoms with Gasteiger partial charge in [-0.25, -0.2) is 4.79 Å². The van der Waals surface area contributed by atoms with E-state index in [2.05, 4.69) is 41.9 Å². The summed E-state index contributed by atoms with van der Waals surface area (Å²) < 4.78 is 0. The Morgan fingerprint density at radius 2 is 0.818 bits per heavy atom. The molecule has 27 nitrogen and oxygen atoms in total. The molecule has 0 heterocycles. The van der Waals surface area contributed by atoms with Crippen LogP contribution >= 0.6 is 0 Å². The molecule has 0 aromatic heterocycles. The van der Waals surface area contributed by atoms with Gasteiger partial charge in [0.2, 0.25) is 53.2 Å². The molecule has 22 N–H and O–H groups in total. The zero-order valence-corrected chi connectivity index (χ0v) is 38.5. The third-order valence-corrected chi connectivity index (χ3v) is 9.35. The van der Waals surface area contributed by atoms with E-state index >= 15 is 0 Å². The number of hydrogen-bond donors (Lipinski definition) is 15. The van der Waals surface area contributed by atoms with Crippen molar-refractivity contribution in [3.8, 4) is 0 Å². The highest BCUT2D eigenvalue weighted by Gasteiger charge is 2.35. The minimum atomic E-state index is -1.80. The number of rotatable bonds is 32. The first-order valence-electron chi connectivity index (χ1n) is 21.4. The van der Waals surface area contributed by atoms with E-state index in [9.17, 15) is 53.1 Å². The SMILES string of the molecule is CC(C)C[C@H](NC(=O)[C@H](CC(C)C)NC(=O)[C@H](CCCN=C(N)N)NC(=O)[C@@H](NC(=O)[C@H](CCCN=C(N)N)NC(=O)CN)C(C)C)C(=O)N[C@@H](CC(N)=O)C(=O)N[C@@H](CC(N)=O)C(=O)O. The summed E-state index contributed by atoms with van der Waals surface area (Å²) in [6, 6.07) is -9.97. The number of nitrogens with zero attached hydrogens (tertiary/aromatic N) is 2. The third kappa shape index (κ3) is 24.9. The van der Waals surface area contributed by atoms with E-state index < -0.39 is 127 Å². The fourth-order valence-electron chi connectivity index (χ4n) is 6.16. The molecule has 0 aromatic rings. The van der Waals surface area contributed by atoms with Gasteiger partial charge in [0, 0.05) is 13.1 Å². The molecule has 27 heteroatoms. The zero-order valence-electron chi connectivity index (χ0n) is 38.5. The Kier molecular flexibility index (Phi) is 27.2. The van der Waals surface area contributed by atoms with Crippen LogP contribution in [0.3, 0.4) is 0 Å². The molecule has 0 rings (SSSR count). The predicted octanol–water partition coefficient (Wildman–Crippen LogP) is -5.97. The Labute approximate surface area is 383 Å². The van der Waals surface area contributed by atoms with Crippen molar-refractivity contribution in [3.63, 3.8) is 0 Å². The maximum atomic E-state index is 14.1. The number of carbonyl (C=O) groups is 10. The maximum Gasteiger partial charge on any atom is 0.326 e. The summed E-state index contributed by atoms with van der Waals surface area (Å²) >= 11 is 0.